The number of unbranched alkanes of at least 4 members (excludes halogenated alkanes) is 1. The van der Waals surface area contributed by atoms with Crippen LogP contribution in [0.2, 0.25) is 0 Å². The predicted molar refractivity (Wildman–Crippen MR) is 78.2 cm³/mol. The van der Waals surface area contributed by atoms with Gasteiger partial charge >= 0.3 is 0 Å². The Hall–Kier alpha value is -0.910. The molecule has 1 aromatic rings. The van der Waals surface area contributed by atoms with Crippen molar-refractivity contribution in [3.63, 3.8) is 0 Å². The van der Waals surface area contributed by atoms with Gasteiger partial charge in [0.2, 0.25) is 10.0 Å². The molecule has 0 spiro atoms. The second kappa shape index (κ2) is 7.62. The zero-order valence-corrected chi connectivity index (χ0v) is 12.5. The van der Waals surface area contributed by atoms with Gasteiger partial charge in [0.15, 0.2) is 0 Å². The molecule has 5 heteroatoms. The van der Waals surface area contributed by atoms with E-state index in [0.29, 0.717) is 23.9 Å². The maximum absolute atomic E-state index is 12.0. The molecule has 0 fully saturated rings. The smallest absolute Gasteiger partial charge is 0.240 e. The van der Waals surface area contributed by atoms with Gasteiger partial charge in [0.25, 0.3) is 0 Å². The van der Waals surface area contributed by atoms with E-state index in [0.717, 1.165) is 24.8 Å². The van der Waals surface area contributed by atoms with E-state index in [-0.39, 0.29) is 0 Å². The van der Waals surface area contributed by atoms with Gasteiger partial charge in [-0.1, -0.05) is 38.8 Å². The molecule has 0 saturated carbocycles. The van der Waals surface area contributed by atoms with Crippen LogP contribution in [-0.4, -0.2) is 15.0 Å². The van der Waals surface area contributed by atoms with E-state index in [2.05, 4.69) is 18.6 Å². The van der Waals surface area contributed by atoms with Crippen LogP contribution in [0.15, 0.2) is 29.2 Å². The molecular weight excluding hydrogens is 260 g/mol. The van der Waals surface area contributed by atoms with Crippen LogP contribution in [0.5, 0.6) is 0 Å². The molecule has 0 aromatic heterocycles. The fourth-order valence-electron chi connectivity index (χ4n) is 1.81. The monoisotopic (exact) mass is 284 g/mol. The van der Waals surface area contributed by atoms with Crippen molar-refractivity contribution in [2.24, 2.45) is 11.7 Å². The normalized spacial score (nSPS) is 12.0. The van der Waals surface area contributed by atoms with E-state index >= 15 is 0 Å². The van der Waals surface area contributed by atoms with Gasteiger partial charge in [0, 0.05) is 13.1 Å². The Morgan fingerprint density at radius 2 is 2.00 bits per heavy atom. The lowest BCUT2D eigenvalue weighted by Gasteiger charge is -2.08. The van der Waals surface area contributed by atoms with Crippen LogP contribution >= 0.6 is 0 Å². The Kier molecular flexibility index (Phi) is 6.48. The van der Waals surface area contributed by atoms with E-state index in [4.69, 9.17) is 5.73 Å². The van der Waals surface area contributed by atoms with Crippen molar-refractivity contribution in [2.45, 2.75) is 44.6 Å². The van der Waals surface area contributed by atoms with E-state index < -0.39 is 10.0 Å². The molecule has 0 atom stereocenters. The van der Waals surface area contributed by atoms with Crippen LogP contribution in [0.4, 0.5) is 0 Å². The number of hydrogen-bond acceptors (Lipinski definition) is 3. The fourth-order valence-corrected chi connectivity index (χ4v) is 2.95. The zero-order valence-electron chi connectivity index (χ0n) is 11.7. The van der Waals surface area contributed by atoms with E-state index in [1.54, 1.807) is 18.2 Å². The molecule has 0 aliphatic carbocycles. The highest BCUT2D eigenvalue weighted by Crippen LogP contribution is 2.11. The first-order chi connectivity index (χ1) is 8.95. The largest absolute Gasteiger partial charge is 0.326 e. The van der Waals surface area contributed by atoms with Crippen LogP contribution in [0, 0.1) is 5.92 Å². The number of sulfonamides is 1. The number of rotatable bonds is 8. The third-order valence-corrected chi connectivity index (χ3v) is 4.40. The summed E-state index contributed by atoms with van der Waals surface area (Å²) in [6.07, 6.45) is 3.04. The van der Waals surface area contributed by atoms with E-state index in [9.17, 15) is 8.42 Å². The van der Waals surface area contributed by atoms with Gasteiger partial charge in [-0.3, -0.25) is 0 Å². The summed E-state index contributed by atoms with van der Waals surface area (Å²) in [5.41, 5.74) is 6.34. The van der Waals surface area contributed by atoms with Gasteiger partial charge < -0.3 is 5.73 Å². The minimum Gasteiger partial charge on any atom is -0.326 e. The first kappa shape index (κ1) is 16.1. The summed E-state index contributed by atoms with van der Waals surface area (Å²) in [5.74, 6) is 0.665. The molecule has 4 nitrogen and oxygen atoms in total. The van der Waals surface area contributed by atoms with Gasteiger partial charge in [-0.2, -0.15) is 0 Å². The second-order valence-electron chi connectivity index (χ2n) is 5.14. The zero-order chi connectivity index (χ0) is 14.3. The van der Waals surface area contributed by atoms with Crippen molar-refractivity contribution in [3.8, 4) is 0 Å². The Morgan fingerprint density at radius 1 is 1.26 bits per heavy atom. The van der Waals surface area contributed by atoms with Gasteiger partial charge in [0.05, 0.1) is 4.90 Å². The standard InChI is InChI=1S/C14H24N2O2S/c1-12(2)6-3-4-9-16-19(17,18)14-8-5-7-13(10-14)11-15/h5,7-8,10,12,16H,3-4,6,9,11,15H2,1-2H3. The Labute approximate surface area is 116 Å². The van der Waals surface area contributed by atoms with Gasteiger partial charge in [0.1, 0.15) is 0 Å². The summed E-state index contributed by atoms with van der Waals surface area (Å²) in [6, 6.07) is 6.75. The average Bonchev–Trinajstić information content (AvgIpc) is 2.38. The molecule has 3 N–H and O–H groups in total. The minimum atomic E-state index is -3.40. The molecule has 0 heterocycles. The molecule has 19 heavy (non-hydrogen) atoms. The summed E-state index contributed by atoms with van der Waals surface area (Å²) < 4.78 is 26.7. The van der Waals surface area contributed by atoms with E-state index in [1.807, 2.05) is 6.07 Å². The van der Waals surface area contributed by atoms with Crippen molar-refractivity contribution in [2.75, 3.05) is 6.54 Å². The molecule has 0 radical (unpaired) electrons. The number of benzene rings is 1. The average molecular weight is 284 g/mol. The van der Waals surface area contributed by atoms with Gasteiger partial charge in [-0.05, 0) is 30.0 Å². The predicted octanol–water partition coefficient (Wildman–Crippen LogP) is 2.25. The maximum atomic E-state index is 12.0. The first-order valence-corrected chi connectivity index (χ1v) is 8.22. The van der Waals surface area contributed by atoms with Crippen molar-refractivity contribution in [3.05, 3.63) is 29.8 Å². The number of nitrogens with two attached hydrogens (primary N) is 1. The highest BCUT2D eigenvalue weighted by atomic mass is 32.2. The molecule has 0 unspecified atom stereocenters. The lowest BCUT2D eigenvalue weighted by molar-refractivity contribution is 0.530. The molecule has 0 amide bonds. The van der Waals surface area contributed by atoms with Gasteiger partial charge in [-0.15, -0.1) is 0 Å². The van der Waals surface area contributed by atoms with E-state index in [1.165, 1.54) is 0 Å². The van der Waals surface area contributed by atoms with Crippen LogP contribution in [0.3, 0.4) is 0 Å². The summed E-state index contributed by atoms with van der Waals surface area (Å²) in [5, 5.41) is 0. The Bertz CT molecular complexity index is 484. The van der Waals surface area contributed by atoms with Crippen molar-refractivity contribution in [1.29, 1.82) is 0 Å². The second-order valence-corrected chi connectivity index (χ2v) is 6.91. The molecule has 1 aromatic carbocycles. The highest BCUT2D eigenvalue weighted by Gasteiger charge is 2.13. The first-order valence-electron chi connectivity index (χ1n) is 6.74. The third kappa shape index (κ3) is 5.72. The molecule has 0 aliphatic rings. The minimum absolute atomic E-state index is 0.291. The summed E-state index contributed by atoms with van der Waals surface area (Å²) in [4.78, 5) is 0.291. The molecular formula is C14H24N2O2S. The maximum Gasteiger partial charge on any atom is 0.240 e. The summed E-state index contributed by atoms with van der Waals surface area (Å²) >= 11 is 0. The molecule has 108 valence electrons. The Balaban J connectivity index is 2.51. The molecule has 0 aliphatic heterocycles. The summed E-state index contributed by atoms with van der Waals surface area (Å²) in [7, 11) is -3.40. The highest BCUT2D eigenvalue weighted by molar-refractivity contribution is 7.89. The number of hydrogen-bond donors (Lipinski definition) is 2. The summed E-state index contributed by atoms with van der Waals surface area (Å²) in [6.45, 7) is 5.17. The van der Waals surface area contributed by atoms with Crippen LogP contribution < -0.4 is 10.5 Å². The lowest BCUT2D eigenvalue weighted by atomic mass is 10.1. The fraction of sp³-hybridized carbons (Fsp3) is 0.571. The SMILES string of the molecule is CC(C)CCCCNS(=O)(=O)c1cccc(CN)c1. The lowest BCUT2D eigenvalue weighted by Crippen LogP contribution is -2.25. The van der Waals surface area contributed by atoms with Crippen molar-refractivity contribution >= 4 is 10.0 Å². The molecule has 0 bridgehead atoms. The Morgan fingerprint density at radius 3 is 2.63 bits per heavy atom. The molecule has 1 rings (SSSR count). The number of nitrogens with one attached hydrogen (secondary N) is 1. The van der Waals surface area contributed by atoms with Crippen molar-refractivity contribution < 1.29 is 8.42 Å². The van der Waals surface area contributed by atoms with Crippen LogP contribution in [-0.2, 0) is 16.6 Å². The topological polar surface area (TPSA) is 72.2 Å². The van der Waals surface area contributed by atoms with Crippen molar-refractivity contribution in [1.82, 2.24) is 4.72 Å². The molecule has 0 saturated heterocycles. The van der Waals surface area contributed by atoms with Crippen LogP contribution in [0.1, 0.15) is 38.7 Å². The van der Waals surface area contributed by atoms with Gasteiger partial charge in [-0.25, -0.2) is 13.1 Å². The quantitative estimate of drug-likeness (QED) is 0.719. The third-order valence-electron chi connectivity index (χ3n) is 2.94. The van der Waals surface area contributed by atoms with Crippen LogP contribution in [0.25, 0.3) is 0 Å².